The van der Waals surface area contributed by atoms with Crippen molar-refractivity contribution in [2.24, 2.45) is 0 Å². The van der Waals surface area contributed by atoms with Gasteiger partial charge in [0.15, 0.2) is 11.6 Å². The lowest BCUT2D eigenvalue weighted by Crippen LogP contribution is -2.21. The monoisotopic (exact) mass is 570 g/mol. The number of hydrogen-bond acceptors (Lipinski definition) is 8. The Kier molecular flexibility index (Phi) is 7.21. The minimum Gasteiger partial charge on any atom is -0.456 e. The molecule has 208 valence electrons. The van der Waals surface area contributed by atoms with Crippen molar-refractivity contribution in [1.82, 2.24) is 25.1 Å². The van der Waals surface area contributed by atoms with Crippen LogP contribution in [0.15, 0.2) is 89.5 Å². The Morgan fingerprint density at radius 2 is 1.83 bits per heavy atom. The zero-order valence-corrected chi connectivity index (χ0v) is 23.0. The maximum Gasteiger partial charge on any atom is 0.198 e. The van der Waals surface area contributed by atoms with Crippen LogP contribution in [-0.4, -0.2) is 46.7 Å². The van der Waals surface area contributed by atoms with E-state index in [1.807, 2.05) is 47.3 Å². The molecule has 0 unspecified atom stereocenters. The largest absolute Gasteiger partial charge is 0.456 e. The molecular formula is C30H27FN6O3S. The highest BCUT2D eigenvalue weighted by molar-refractivity contribution is 7.90. The van der Waals surface area contributed by atoms with Gasteiger partial charge in [0.1, 0.15) is 27.2 Å². The Labute approximate surface area is 236 Å². The fraction of sp³-hybridized carbons (Fsp3) is 0.167. The molecule has 2 N–H and O–H groups in total. The summed E-state index contributed by atoms with van der Waals surface area (Å²) >= 11 is 0. The van der Waals surface area contributed by atoms with Crippen LogP contribution < -0.4 is 10.6 Å². The van der Waals surface area contributed by atoms with Gasteiger partial charge in [-0.2, -0.15) is 5.10 Å². The van der Waals surface area contributed by atoms with Crippen LogP contribution in [0.1, 0.15) is 11.3 Å². The van der Waals surface area contributed by atoms with Crippen LogP contribution in [0.3, 0.4) is 0 Å². The fourth-order valence-electron chi connectivity index (χ4n) is 4.55. The average Bonchev–Trinajstić information content (AvgIpc) is 3.58. The van der Waals surface area contributed by atoms with E-state index in [9.17, 15) is 12.8 Å². The first-order valence-corrected chi connectivity index (χ1v) is 15.1. The highest BCUT2D eigenvalue weighted by Crippen LogP contribution is 2.30. The molecule has 3 heterocycles. The van der Waals surface area contributed by atoms with E-state index in [0.29, 0.717) is 53.7 Å². The van der Waals surface area contributed by atoms with Crippen molar-refractivity contribution in [3.8, 4) is 11.6 Å². The number of hydrogen-bond donors (Lipinski definition) is 2. The molecule has 0 fully saturated rings. The lowest BCUT2D eigenvalue weighted by molar-refractivity contribution is 0.495. The quantitative estimate of drug-likeness (QED) is 0.213. The average molecular weight is 571 g/mol. The standard InChI is InChI=1S/C30H27FN6O3S/c1-41(38,39)14-13-32-18-24-9-12-28(40-24)30-35-26-16-22(31)7-10-25(26)29(36-30)34-23-8-11-27-21(15-23)17-33-37(27)19-20-5-3-2-4-6-20/h2-12,15-17,32H,13-14,18-19H2,1H3,(H,34,35,36). The summed E-state index contributed by atoms with van der Waals surface area (Å²) in [5.41, 5.74) is 3.39. The van der Waals surface area contributed by atoms with Crippen molar-refractivity contribution >= 4 is 43.1 Å². The summed E-state index contributed by atoms with van der Waals surface area (Å²) in [6.45, 7) is 1.33. The van der Waals surface area contributed by atoms with Gasteiger partial charge in [-0.25, -0.2) is 22.8 Å². The van der Waals surface area contributed by atoms with E-state index in [1.54, 1.807) is 18.2 Å². The third-order valence-corrected chi connectivity index (χ3v) is 7.52. The zero-order valence-electron chi connectivity index (χ0n) is 22.2. The highest BCUT2D eigenvalue weighted by Gasteiger charge is 2.15. The van der Waals surface area contributed by atoms with Gasteiger partial charge >= 0.3 is 0 Å². The summed E-state index contributed by atoms with van der Waals surface area (Å²) in [6, 6.07) is 24.0. The Hall–Kier alpha value is -4.61. The van der Waals surface area contributed by atoms with Gasteiger partial charge in [-0.15, -0.1) is 0 Å². The number of aromatic nitrogens is 4. The van der Waals surface area contributed by atoms with Crippen molar-refractivity contribution in [3.63, 3.8) is 0 Å². The second kappa shape index (κ2) is 11.1. The van der Waals surface area contributed by atoms with Gasteiger partial charge in [0, 0.05) is 35.3 Å². The molecule has 0 amide bonds. The van der Waals surface area contributed by atoms with E-state index >= 15 is 0 Å². The smallest absolute Gasteiger partial charge is 0.198 e. The Balaban J connectivity index is 1.27. The molecular weight excluding hydrogens is 543 g/mol. The highest BCUT2D eigenvalue weighted by atomic mass is 32.2. The first-order chi connectivity index (χ1) is 19.8. The van der Waals surface area contributed by atoms with E-state index in [1.165, 1.54) is 18.4 Å². The summed E-state index contributed by atoms with van der Waals surface area (Å²) in [4.78, 5) is 9.27. The number of nitrogens with zero attached hydrogens (tertiary/aromatic N) is 4. The van der Waals surface area contributed by atoms with E-state index in [4.69, 9.17) is 9.40 Å². The molecule has 0 bridgehead atoms. The molecule has 3 aromatic heterocycles. The molecule has 6 aromatic rings. The SMILES string of the molecule is CS(=O)(=O)CCNCc1ccc(-c2nc(Nc3ccc4c(cnn4Cc4ccccc4)c3)c3ccc(F)cc3n2)o1. The molecule has 0 spiro atoms. The first kappa shape index (κ1) is 26.6. The molecule has 0 saturated carbocycles. The van der Waals surface area contributed by atoms with Gasteiger partial charge in [-0.1, -0.05) is 30.3 Å². The number of nitrogens with one attached hydrogen (secondary N) is 2. The van der Waals surface area contributed by atoms with Crippen molar-refractivity contribution in [2.75, 3.05) is 23.9 Å². The summed E-state index contributed by atoms with van der Waals surface area (Å²) in [5, 5.41) is 12.6. The normalized spacial score (nSPS) is 11.9. The first-order valence-electron chi connectivity index (χ1n) is 13.0. The summed E-state index contributed by atoms with van der Waals surface area (Å²) in [7, 11) is -3.05. The molecule has 9 nitrogen and oxygen atoms in total. The van der Waals surface area contributed by atoms with Crippen molar-refractivity contribution in [2.45, 2.75) is 13.1 Å². The van der Waals surface area contributed by atoms with Crippen molar-refractivity contribution < 1.29 is 17.2 Å². The lowest BCUT2D eigenvalue weighted by Gasteiger charge is -2.11. The van der Waals surface area contributed by atoms with Crippen LogP contribution in [0, 0.1) is 5.82 Å². The lowest BCUT2D eigenvalue weighted by atomic mass is 10.2. The molecule has 6 rings (SSSR count). The molecule has 41 heavy (non-hydrogen) atoms. The third-order valence-electron chi connectivity index (χ3n) is 6.57. The third kappa shape index (κ3) is 6.26. The number of rotatable bonds is 10. The number of halogens is 1. The van der Waals surface area contributed by atoms with Crippen LogP contribution in [0.25, 0.3) is 33.4 Å². The number of anilines is 2. The second-order valence-electron chi connectivity index (χ2n) is 9.82. The predicted octanol–water partition coefficient (Wildman–Crippen LogP) is 5.30. The molecule has 0 aliphatic carbocycles. The van der Waals surface area contributed by atoms with Gasteiger partial charge in [-0.05, 0) is 48.0 Å². The summed E-state index contributed by atoms with van der Waals surface area (Å²) in [5.74, 6) is 1.44. The molecule has 0 saturated heterocycles. The molecule has 0 aliphatic rings. The van der Waals surface area contributed by atoms with E-state index < -0.39 is 15.7 Å². The van der Waals surface area contributed by atoms with Crippen LogP contribution in [0.2, 0.25) is 0 Å². The Morgan fingerprint density at radius 1 is 0.976 bits per heavy atom. The van der Waals surface area contributed by atoms with Crippen LogP contribution in [0.4, 0.5) is 15.9 Å². The van der Waals surface area contributed by atoms with Gasteiger partial charge in [0.25, 0.3) is 0 Å². The van der Waals surface area contributed by atoms with Crippen molar-refractivity contribution in [3.05, 3.63) is 102 Å². The van der Waals surface area contributed by atoms with Crippen LogP contribution in [-0.2, 0) is 22.9 Å². The van der Waals surface area contributed by atoms with E-state index in [0.717, 1.165) is 22.2 Å². The van der Waals surface area contributed by atoms with Crippen LogP contribution >= 0.6 is 0 Å². The minimum atomic E-state index is -3.05. The fourth-order valence-corrected chi connectivity index (χ4v) is 5.07. The molecule has 3 aromatic carbocycles. The minimum absolute atomic E-state index is 0.0363. The molecule has 0 radical (unpaired) electrons. The maximum atomic E-state index is 14.2. The van der Waals surface area contributed by atoms with Crippen molar-refractivity contribution in [1.29, 1.82) is 0 Å². The Morgan fingerprint density at radius 3 is 2.66 bits per heavy atom. The van der Waals surface area contributed by atoms with Gasteiger partial charge in [0.2, 0.25) is 0 Å². The number of fused-ring (bicyclic) bond motifs is 2. The maximum absolute atomic E-state index is 14.2. The molecule has 0 atom stereocenters. The molecule has 0 aliphatic heterocycles. The van der Waals surface area contributed by atoms with E-state index in [-0.39, 0.29) is 5.75 Å². The zero-order chi connectivity index (χ0) is 28.4. The van der Waals surface area contributed by atoms with Gasteiger partial charge in [0.05, 0.1) is 36.1 Å². The molecule has 11 heteroatoms. The topological polar surface area (TPSA) is 115 Å². The summed E-state index contributed by atoms with van der Waals surface area (Å²) < 4.78 is 44.7. The number of sulfone groups is 1. The number of furan rings is 1. The Bertz CT molecular complexity index is 1950. The van der Waals surface area contributed by atoms with Gasteiger partial charge in [-0.3, -0.25) is 4.68 Å². The number of benzene rings is 3. The van der Waals surface area contributed by atoms with Crippen LogP contribution in [0.5, 0.6) is 0 Å². The summed E-state index contributed by atoms with van der Waals surface area (Å²) in [6.07, 6.45) is 3.03. The van der Waals surface area contributed by atoms with Gasteiger partial charge < -0.3 is 15.1 Å². The predicted molar refractivity (Wildman–Crippen MR) is 157 cm³/mol. The second-order valence-corrected chi connectivity index (χ2v) is 12.1. The van der Waals surface area contributed by atoms with E-state index in [2.05, 4.69) is 32.8 Å².